The van der Waals surface area contributed by atoms with E-state index in [9.17, 15) is 4.79 Å². The standard InChI is InChI=1S/C14H14BrN3O2/c1-20-13-4-9(2-3-17-13)8-18-14(19)10-5-11(15)7-12(16)6-10/h2-7H,8,16H2,1H3,(H,18,19). The number of aromatic nitrogens is 1. The molecule has 2 aromatic rings. The Bertz CT molecular complexity index is 611. The number of ether oxygens (including phenoxy) is 1. The normalized spacial score (nSPS) is 10.1. The summed E-state index contributed by atoms with van der Waals surface area (Å²) >= 11 is 3.31. The van der Waals surface area contributed by atoms with Gasteiger partial charge in [0.15, 0.2) is 0 Å². The summed E-state index contributed by atoms with van der Waals surface area (Å²) in [5.41, 5.74) is 7.67. The predicted molar refractivity (Wildman–Crippen MR) is 80.5 cm³/mol. The number of hydrogen-bond acceptors (Lipinski definition) is 4. The fourth-order valence-electron chi connectivity index (χ4n) is 1.70. The Hall–Kier alpha value is -2.08. The summed E-state index contributed by atoms with van der Waals surface area (Å²) in [6.07, 6.45) is 1.64. The molecule has 20 heavy (non-hydrogen) atoms. The molecule has 0 saturated carbocycles. The molecule has 2 rings (SSSR count). The molecule has 0 spiro atoms. The highest BCUT2D eigenvalue weighted by molar-refractivity contribution is 9.10. The van der Waals surface area contributed by atoms with Crippen molar-refractivity contribution in [3.8, 4) is 5.88 Å². The zero-order chi connectivity index (χ0) is 14.5. The summed E-state index contributed by atoms with van der Waals surface area (Å²) in [5, 5.41) is 2.82. The van der Waals surface area contributed by atoms with Gasteiger partial charge in [0, 0.05) is 34.5 Å². The molecule has 0 saturated heterocycles. The number of pyridine rings is 1. The molecule has 0 atom stereocenters. The molecule has 0 aliphatic heterocycles. The lowest BCUT2D eigenvalue weighted by atomic mass is 10.2. The minimum absolute atomic E-state index is 0.186. The van der Waals surface area contributed by atoms with Crippen molar-refractivity contribution >= 4 is 27.5 Å². The van der Waals surface area contributed by atoms with E-state index in [1.807, 2.05) is 6.07 Å². The van der Waals surface area contributed by atoms with Crippen molar-refractivity contribution in [2.24, 2.45) is 0 Å². The van der Waals surface area contributed by atoms with E-state index in [0.29, 0.717) is 23.7 Å². The van der Waals surface area contributed by atoms with E-state index in [4.69, 9.17) is 10.5 Å². The third-order valence-corrected chi connectivity index (χ3v) is 3.10. The molecule has 0 fully saturated rings. The van der Waals surface area contributed by atoms with Crippen molar-refractivity contribution in [1.82, 2.24) is 10.3 Å². The van der Waals surface area contributed by atoms with Crippen LogP contribution in [0.2, 0.25) is 0 Å². The first-order chi connectivity index (χ1) is 9.58. The lowest BCUT2D eigenvalue weighted by Gasteiger charge is -2.07. The third-order valence-electron chi connectivity index (χ3n) is 2.64. The largest absolute Gasteiger partial charge is 0.481 e. The third kappa shape index (κ3) is 3.71. The molecule has 0 bridgehead atoms. The number of carbonyl (C=O) groups excluding carboxylic acids is 1. The summed E-state index contributed by atoms with van der Waals surface area (Å²) in [6.45, 7) is 0.393. The first-order valence-electron chi connectivity index (χ1n) is 5.91. The summed E-state index contributed by atoms with van der Waals surface area (Å²) in [7, 11) is 1.55. The van der Waals surface area contributed by atoms with Crippen LogP contribution in [-0.2, 0) is 6.54 Å². The molecular weight excluding hydrogens is 322 g/mol. The van der Waals surface area contributed by atoms with Crippen LogP contribution in [0.25, 0.3) is 0 Å². The van der Waals surface area contributed by atoms with Crippen LogP contribution in [0.15, 0.2) is 41.0 Å². The van der Waals surface area contributed by atoms with Crippen molar-refractivity contribution in [3.63, 3.8) is 0 Å². The smallest absolute Gasteiger partial charge is 0.251 e. The lowest BCUT2D eigenvalue weighted by molar-refractivity contribution is 0.0951. The van der Waals surface area contributed by atoms with E-state index in [1.54, 1.807) is 37.6 Å². The number of nitrogens with one attached hydrogen (secondary N) is 1. The number of halogens is 1. The molecule has 1 heterocycles. The number of amides is 1. The first kappa shape index (κ1) is 14.3. The molecule has 0 unspecified atom stereocenters. The second kappa shape index (κ2) is 6.38. The molecule has 0 aliphatic carbocycles. The quantitative estimate of drug-likeness (QED) is 0.841. The summed E-state index contributed by atoms with van der Waals surface area (Å²) < 4.78 is 5.80. The molecule has 1 amide bonds. The zero-order valence-electron chi connectivity index (χ0n) is 10.9. The van der Waals surface area contributed by atoms with E-state index >= 15 is 0 Å². The van der Waals surface area contributed by atoms with Gasteiger partial charge in [0.25, 0.3) is 5.91 Å². The van der Waals surface area contributed by atoms with Crippen LogP contribution in [-0.4, -0.2) is 18.0 Å². The highest BCUT2D eigenvalue weighted by Gasteiger charge is 2.07. The minimum atomic E-state index is -0.186. The monoisotopic (exact) mass is 335 g/mol. The Kier molecular flexibility index (Phi) is 4.57. The maximum atomic E-state index is 12.0. The highest BCUT2D eigenvalue weighted by Crippen LogP contribution is 2.17. The molecule has 5 nitrogen and oxygen atoms in total. The molecular formula is C14H14BrN3O2. The Morgan fingerprint density at radius 2 is 2.20 bits per heavy atom. The van der Waals surface area contributed by atoms with Crippen LogP contribution >= 0.6 is 15.9 Å². The number of hydrogen-bond donors (Lipinski definition) is 2. The summed E-state index contributed by atoms with van der Waals surface area (Å²) in [6, 6.07) is 8.68. The van der Waals surface area contributed by atoms with E-state index in [-0.39, 0.29) is 5.91 Å². The number of carbonyl (C=O) groups is 1. The van der Waals surface area contributed by atoms with Crippen LogP contribution in [0.4, 0.5) is 5.69 Å². The maximum absolute atomic E-state index is 12.0. The predicted octanol–water partition coefficient (Wildman–Crippen LogP) is 2.36. The number of methoxy groups -OCH3 is 1. The molecule has 1 aromatic carbocycles. The zero-order valence-corrected chi connectivity index (χ0v) is 12.5. The van der Waals surface area contributed by atoms with Crippen molar-refractivity contribution in [3.05, 3.63) is 52.1 Å². The lowest BCUT2D eigenvalue weighted by Crippen LogP contribution is -2.23. The number of nitrogens with two attached hydrogens (primary N) is 1. The molecule has 0 radical (unpaired) electrons. The highest BCUT2D eigenvalue weighted by atomic mass is 79.9. The van der Waals surface area contributed by atoms with Gasteiger partial charge in [0.05, 0.1) is 7.11 Å². The number of anilines is 1. The van der Waals surface area contributed by atoms with Gasteiger partial charge in [0.2, 0.25) is 5.88 Å². The van der Waals surface area contributed by atoms with Crippen LogP contribution < -0.4 is 15.8 Å². The van der Waals surface area contributed by atoms with Crippen molar-refractivity contribution < 1.29 is 9.53 Å². The van der Waals surface area contributed by atoms with Gasteiger partial charge >= 0.3 is 0 Å². The summed E-state index contributed by atoms with van der Waals surface area (Å²) in [5.74, 6) is 0.331. The molecule has 104 valence electrons. The van der Waals surface area contributed by atoms with Crippen molar-refractivity contribution in [2.75, 3.05) is 12.8 Å². The van der Waals surface area contributed by atoms with Gasteiger partial charge in [-0.25, -0.2) is 4.98 Å². The van der Waals surface area contributed by atoms with E-state index in [0.717, 1.165) is 10.0 Å². The van der Waals surface area contributed by atoms with E-state index < -0.39 is 0 Å². The second-order valence-corrected chi connectivity index (χ2v) is 5.08. The number of nitrogens with zero attached hydrogens (tertiary/aromatic N) is 1. The van der Waals surface area contributed by atoms with Gasteiger partial charge < -0.3 is 15.8 Å². The fraction of sp³-hybridized carbons (Fsp3) is 0.143. The average Bonchev–Trinajstić information content (AvgIpc) is 2.44. The Morgan fingerprint density at radius 3 is 2.90 bits per heavy atom. The Morgan fingerprint density at radius 1 is 1.40 bits per heavy atom. The van der Waals surface area contributed by atoms with Gasteiger partial charge in [-0.3, -0.25) is 4.79 Å². The molecule has 3 N–H and O–H groups in total. The van der Waals surface area contributed by atoms with Crippen LogP contribution in [0, 0.1) is 0 Å². The fourth-order valence-corrected chi connectivity index (χ4v) is 2.21. The first-order valence-corrected chi connectivity index (χ1v) is 6.71. The SMILES string of the molecule is COc1cc(CNC(=O)c2cc(N)cc(Br)c2)ccn1. The number of nitrogen functional groups attached to an aromatic ring is 1. The molecule has 0 aliphatic rings. The topological polar surface area (TPSA) is 77.2 Å². The van der Waals surface area contributed by atoms with E-state index in [1.165, 1.54) is 0 Å². The second-order valence-electron chi connectivity index (χ2n) is 4.16. The van der Waals surface area contributed by atoms with Crippen LogP contribution in [0.5, 0.6) is 5.88 Å². The summed E-state index contributed by atoms with van der Waals surface area (Å²) in [4.78, 5) is 16.1. The van der Waals surface area contributed by atoms with Crippen molar-refractivity contribution in [2.45, 2.75) is 6.54 Å². The van der Waals surface area contributed by atoms with E-state index in [2.05, 4.69) is 26.2 Å². The van der Waals surface area contributed by atoms with Crippen LogP contribution in [0.3, 0.4) is 0 Å². The molecule has 6 heteroatoms. The van der Waals surface area contributed by atoms with Gasteiger partial charge in [0.1, 0.15) is 0 Å². The van der Waals surface area contributed by atoms with Gasteiger partial charge in [-0.1, -0.05) is 15.9 Å². The number of benzene rings is 1. The average molecular weight is 336 g/mol. The van der Waals surface area contributed by atoms with Crippen LogP contribution in [0.1, 0.15) is 15.9 Å². The minimum Gasteiger partial charge on any atom is -0.481 e. The molecule has 1 aromatic heterocycles. The Balaban J connectivity index is 2.04. The van der Waals surface area contributed by atoms with Gasteiger partial charge in [-0.15, -0.1) is 0 Å². The van der Waals surface area contributed by atoms with Crippen molar-refractivity contribution in [1.29, 1.82) is 0 Å². The number of rotatable bonds is 4. The van der Waals surface area contributed by atoms with Gasteiger partial charge in [-0.05, 0) is 29.8 Å². The van der Waals surface area contributed by atoms with Gasteiger partial charge in [-0.2, -0.15) is 0 Å². The Labute approximate surface area is 125 Å². The maximum Gasteiger partial charge on any atom is 0.251 e.